The first-order chi connectivity index (χ1) is 25.7. The molecule has 0 aliphatic heterocycles. The van der Waals surface area contributed by atoms with Gasteiger partial charge in [-0.2, -0.15) is 0 Å². The number of pyridine rings is 2. The minimum atomic E-state index is -0.889. The van der Waals surface area contributed by atoms with Gasteiger partial charge < -0.3 is 24.6 Å². The van der Waals surface area contributed by atoms with Crippen molar-refractivity contribution in [2.24, 2.45) is 5.92 Å². The number of benzene rings is 2. The van der Waals surface area contributed by atoms with E-state index in [0.29, 0.717) is 35.1 Å². The van der Waals surface area contributed by atoms with Gasteiger partial charge in [-0.25, -0.2) is 20.0 Å². The number of aryl methyl sites for hydroxylation is 1. The van der Waals surface area contributed by atoms with Crippen molar-refractivity contribution in [1.82, 2.24) is 25.7 Å². The average Bonchev–Trinajstić information content (AvgIpc) is 3.17. The van der Waals surface area contributed by atoms with Gasteiger partial charge in [-0.15, -0.1) is 0 Å². The van der Waals surface area contributed by atoms with E-state index in [1.54, 1.807) is 45.3 Å². The number of esters is 1. The first-order valence-electron chi connectivity index (χ1n) is 17.3. The van der Waals surface area contributed by atoms with Crippen molar-refractivity contribution >= 4 is 35.3 Å². The molecular formula is C41H53N5O8. The monoisotopic (exact) mass is 743 g/mol. The number of aliphatic hydroxyl groups is 2. The zero-order valence-electron chi connectivity index (χ0n) is 32.8. The van der Waals surface area contributed by atoms with Gasteiger partial charge in [0.1, 0.15) is 5.60 Å². The van der Waals surface area contributed by atoms with Crippen LogP contribution in [0.5, 0.6) is 0 Å². The fourth-order valence-electron chi connectivity index (χ4n) is 4.50. The van der Waals surface area contributed by atoms with Crippen LogP contribution in [0.25, 0.3) is 22.2 Å². The van der Waals surface area contributed by atoms with Crippen LogP contribution in [0, 0.1) is 24.7 Å². The Labute approximate surface area is 318 Å². The van der Waals surface area contributed by atoms with Crippen molar-refractivity contribution in [2.45, 2.75) is 67.0 Å². The molecule has 0 aliphatic rings. The number of carbonyl (C=O) groups excluding carboxylic acids is 4. The number of amides is 3. The molecule has 13 nitrogen and oxygen atoms in total. The second kappa shape index (κ2) is 23.7. The lowest BCUT2D eigenvalue weighted by molar-refractivity contribution is -0.151. The van der Waals surface area contributed by atoms with Crippen LogP contribution in [-0.4, -0.2) is 88.5 Å². The van der Waals surface area contributed by atoms with Gasteiger partial charge in [0.15, 0.2) is 6.04 Å². The molecule has 3 amide bonds. The molecule has 0 spiro atoms. The number of ether oxygens (including phenoxy) is 2. The molecule has 2 heterocycles. The van der Waals surface area contributed by atoms with Gasteiger partial charge >= 0.3 is 12.1 Å². The van der Waals surface area contributed by atoms with E-state index in [1.165, 1.54) is 17.6 Å². The number of aromatic nitrogens is 2. The Morgan fingerprint density at radius 1 is 0.944 bits per heavy atom. The van der Waals surface area contributed by atoms with Crippen LogP contribution in [0.3, 0.4) is 0 Å². The summed E-state index contributed by atoms with van der Waals surface area (Å²) < 4.78 is 9.64. The second-order valence-corrected chi connectivity index (χ2v) is 12.6. The highest BCUT2D eigenvalue weighted by Crippen LogP contribution is 2.25. The van der Waals surface area contributed by atoms with Crippen LogP contribution in [0.15, 0.2) is 73.1 Å². The van der Waals surface area contributed by atoms with E-state index < -0.39 is 36.2 Å². The summed E-state index contributed by atoms with van der Waals surface area (Å²) in [6.45, 7) is 15.1. The standard InChI is InChI=1S/C29H26N4O3.C9H17NO4.C2H6.CH4O/c1-19-5-7-20(8-6-19)9-10-21-11-13-22(14-12-21)26-17-23(24-18-30-16-15-25(24)31-26)27(34)32-33-28(35)36-29(2,3)4;1-7(2)4-10(6-12)8(5-11)9(13)14-3;2*1-2/h5-8,11-18H,1-4H3,(H,32,34)(H,33,35);6-8,11H,4-5H2,1-3H3;1-2H3;2H,1H3. The molecule has 0 fully saturated rings. The Balaban J connectivity index is 0.000000683. The van der Waals surface area contributed by atoms with E-state index in [0.717, 1.165) is 23.8 Å². The summed E-state index contributed by atoms with van der Waals surface area (Å²) in [6.07, 6.45) is 2.98. The third kappa shape index (κ3) is 15.4. The Morgan fingerprint density at radius 3 is 2.02 bits per heavy atom. The first kappa shape index (κ1) is 46.2. The Morgan fingerprint density at radius 2 is 1.52 bits per heavy atom. The number of nitrogens with one attached hydrogen (secondary N) is 2. The van der Waals surface area contributed by atoms with E-state index in [-0.39, 0.29) is 5.92 Å². The van der Waals surface area contributed by atoms with Crippen LogP contribution >= 0.6 is 0 Å². The topological polar surface area (TPSA) is 180 Å². The number of nitrogens with zero attached hydrogens (tertiary/aromatic N) is 3. The number of aliphatic hydroxyl groups excluding tert-OH is 2. The number of rotatable bonds is 8. The zero-order chi connectivity index (χ0) is 40.8. The van der Waals surface area contributed by atoms with Crippen molar-refractivity contribution in [3.63, 3.8) is 0 Å². The fourth-order valence-corrected chi connectivity index (χ4v) is 4.50. The summed E-state index contributed by atoms with van der Waals surface area (Å²) in [4.78, 5) is 56.8. The molecule has 2 aromatic carbocycles. The van der Waals surface area contributed by atoms with Crippen molar-refractivity contribution in [1.29, 1.82) is 0 Å². The molecule has 0 aliphatic carbocycles. The molecule has 1 atom stereocenters. The molecule has 0 saturated carbocycles. The summed E-state index contributed by atoms with van der Waals surface area (Å²) in [5.41, 5.74) is 9.35. The third-order valence-corrected chi connectivity index (χ3v) is 6.87. The molecule has 4 N–H and O–H groups in total. The normalized spacial score (nSPS) is 10.6. The van der Waals surface area contributed by atoms with Gasteiger partial charge in [-0.05, 0) is 70.0 Å². The summed E-state index contributed by atoms with van der Waals surface area (Å²) in [5, 5.41) is 16.5. The maximum Gasteiger partial charge on any atom is 0.426 e. The van der Waals surface area contributed by atoms with Crippen LogP contribution < -0.4 is 10.9 Å². The second-order valence-electron chi connectivity index (χ2n) is 12.6. The minimum absolute atomic E-state index is 0.235. The number of fused-ring (bicyclic) bond motifs is 1. The maximum atomic E-state index is 13.0. The van der Waals surface area contributed by atoms with E-state index in [2.05, 4.69) is 32.4 Å². The number of hydrogen-bond donors (Lipinski definition) is 4. The predicted molar refractivity (Wildman–Crippen MR) is 209 cm³/mol. The number of methoxy groups -OCH3 is 1. The fraction of sp³-hybridized carbons (Fsp3) is 0.366. The quantitative estimate of drug-likeness (QED) is 0.0785. The van der Waals surface area contributed by atoms with E-state index in [1.807, 2.05) is 83.1 Å². The van der Waals surface area contributed by atoms with Gasteiger partial charge in [-0.3, -0.25) is 20.0 Å². The van der Waals surface area contributed by atoms with Gasteiger partial charge in [0.25, 0.3) is 5.91 Å². The van der Waals surface area contributed by atoms with Crippen molar-refractivity contribution < 1.29 is 38.9 Å². The average molecular weight is 744 g/mol. The Bertz CT molecular complexity index is 1840. The molecule has 2 aromatic heterocycles. The van der Waals surface area contributed by atoms with Crippen LogP contribution in [0.4, 0.5) is 4.79 Å². The molecule has 54 heavy (non-hydrogen) atoms. The highest BCUT2D eigenvalue weighted by atomic mass is 16.6. The lowest BCUT2D eigenvalue weighted by Gasteiger charge is -2.25. The summed E-state index contributed by atoms with van der Waals surface area (Å²) in [6, 6.07) is 18.2. The molecule has 0 radical (unpaired) electrons. The largest absolute Gasteiger partial charge is 0.467 e. The van der Waals surface area contributed by atoms with Gasteiger partial charge in [-0.1, -0.05) is 69.4 Å². The molecule has 13 heteroatoms. The van der Waals surface area contributed by atoms with Crippen LogP contribution in [0.2, 0.25) is 0 Å². The summed E-state index contributed by atoms with van der Waals surface area (Å²) in [5.74, 6) is 5.46. The smallest absolute Gasteiger partial charge is 0.426 e. The molecule has 1 unspecified atom stereocenters. The first-order valence-corrected chi connectivity index (χ1v) is 17.3. The predicted octanol–water partition coefficient (Wildman–Crippen LogP) is 5.44. The van der Waals surface area contributed by atoms with Gasteiger partial charge in [0, 0.05) is 48.1 Å². The number of hydrogen-bond acceptors (Lipinski definition) is 10. The molecule has 290 valence electrons. The van der Waals surface area contributed by atoms with E-state index in [4.69, 9.17) is 19.9 Å². The highest BCUT2D eigenvalue weighted by molar-refractivity contribution is 6.07. The number of hydrazine groups is 1. The van der Waals surface area contributed by atoms with Crippen LogP contribution in [-0.2, 0) is 19.1 Å². The molecule has 4 rings (SSSR count). The molecule has 0 bridgehead atoms. The van der Waals surface area contributed by atoms with Crippen molar-refractivity contribution in [3.8, 4) is 23.1 Å². The van der Waals surface area contributed by atoms with E-state index in [9.17, 15) is 19.2 Å². The SMILES string of the molecule is CC.CO.COC(=O)C(CO)N(C=O)CC(C)C.Cc1ccc(C#Cc2ccc(-c3cc(C(=O)NNC(=O)OC(C)(C)C)c4cnccc4n3)cc2)cc1. The zero-order valence-corrected chi connectivity index (χ0v) is 32.8. The Hall–Kier alpha value is -5.84. The summed E-state index contributed by atoms with van der Waals surface area (Å²) >= 11 is 0. The van der Waals surface area contributed by atoms with Gasteiger partial charge in [0.05, 0.1) is 30.5 Å². The van der Waals surface area contributed by atoms with E-state index >= 15 is 0 Å². The molecule has 4 aromatic rings. The maximum absolute atomic E-state index is 13.0. The van der Waals surface area contributed by atoms with Crippen molar-refractivity contribution in [3.05, 3.63) is 95.3 Å². The molecule has 0 saturated heterocycles. The van der Waals surface area contributed by atoms with Crippen LogP contribution in [0.1, 0.15) is 75.5 Å². The van der Waals surface area contributed by atoms with Gasteiger partial charge in [0.2, 0.25) is 6.41 Å². The molecular weight excluding hydrogens is 690 g/mol. The third-order valence-electron chi connectivity index (χ3n) is 6.87. The minimum Gasteiger partial charge on any atom is -0.467 e. The lowest BCUT2D eigenvalue weighted by atomic mass is 10.0. The summed E-state index contributed by atoms with van der Waals surface area (Å²) in [7, 11) is 2.23. The highest BCUT2D eigenvalue weighted by Gasteiger charge is 2.25. The number of carbonyl (C=O) groups is 4. The van der Waals surface area contributed by atoms with Crippen molar-refractivity contribution in [2.75, 3.05) is 27.4 Å². The lowest BCUT2D eigenvalue weighted by Crippen LogP contribution is -2.45. The Kier molecular flexibility index (Phi) is 20.2.